The van der Waals surface area contributed by atoms with Crippen LogP contribution in [0.4, 0.5) is 4.39 Å². The van der Waals surface area contributed by atoms with Gasteiger partial charge in [-0.15, -0.1) is 0 Å². The third kappa shape index (κ3) is 5.98. The highest BCUT2D eigenvalue weighted by Gasteiger charge is 2.37. The monoisotopic (exact) mass is 522 g/mol. The zero-order chi connectivity index (χ0) is 26.9. The predicted octanol–water partition coefficient (Wildman–Crippen LogP) is 7.46. The molecule has 1 heterocycles. The molecular weight excluding hydrogens is 487 g/mol. The van der Waals surface area contributed by atoms with Gasteiger partial charge in [0.15, 0.2) is 11.5 Å². The Bertz CT molecular complexity index is 1280. The number of aliphatic carboxylic acids is 1. The topological polar surface area (TPSA) is 78.1 Å². The van der Waals surface area contributed by atoms with E-state index in [0.717, 1.165) is 31.2 Å². The molecule has 1 N–H and O–H groups in total. The van der Waals surface area contributed by atoms with Crippen molar-refractivity contribution in [3.05, 3.63) is 65.7 Å². The number of hydrogen-bond acceptors (Lipinski definition) is 5. The van der Waals surface area contributed by atoms with Crippen molar-refractivity contribution in [1.29, 1.82) is 0 Å². The lowest BCUT2D eigenvalue weighted by molar-refractivity contribution is -0.137. The number of methoxy groups -OCH3 is 1. The Hall–Kier alpha value is -3.48. The lowest BCUT2D eigenvalue weighted by atomic mass is 9.65. The van der Waals surface area contributed by atoms with Gasteiger partial charge in [0, 0.05) is 0 Å². The molecule has 0 saturated heterocycles. The van der Waals surface area contributed by atoms with Crippen molar-refractivity contribution >= 4 is 5.97 Å². The van der Waals surface area contributed by atoms with E-state index in [1.54, 1.807) is 18.4 Å². The quantitative estimate of drug-likeness (QED) is 0.266. The molecule has 3 aromatic rings. The number of carboxylic acids is 1. The second kappa shape index (κ2) is 10.7. The average Bonchev–Trinajstić information content (AvgIpc) is 3.64. The fourth-order valence-corrected chi connectivity index (χ4v) is 5.69. The van der Waals surface area contributed by atoms with E-state index in [2.05, 4.69) is 13.8 Å². The lowest BCUT2D eigenvalue weighted by Gasteiger charge is -2.42. The summed E-state index contributed by atoms with van der Waals surface area (Å²) in [6, 6.07) is 12.2. The van der Waals surface area contributed by atoms with Gasteiger partial charge in [0.25, 0.3) is 0 Å². The number of hydrogen-bond donors (Lipinski definition) is 1. The minimum Gasteiger partial charge on any atom is -0.497 e. The second-order valence-electron chi connectivity index (χ2n) is 11.4. The molecule has 0 bridgehead atoms. The molecule has 0 radical (unpaired) electrons. The second-order valence-corrected chi connectivity index (χ2v) is 11.4. The molecule has 7 heteroatoms. The Morgan fingerprint density at radius 1 is 1.13 bits per heavy atom. The van der Waals surface area contributed by atoms with Crippen molar-refractivity contribution in [2.75, 3.05) is 13.7 Å². The van der Waals surface area contributed by atoms with Gasteiger partial charge in [-0.25, -0.2) is 4.39 Å². The minimum atomic E-state index is -0.791. The van der Waals surface area contributed by atoms with E-state index in [-0.39, 0.29) is 24.5 Å². The number of furan rings is 1. The van der Waals surface area contributed by atoms with Crippen molar-refractivity contribution < 1.29 is 32.9 Å². The highest BCUT2D eigenvalue weighted by molar-refractivity contribution is 5.69. The molecular formula is C31H35FO6. The van der Waals surface area contributed by atoms with Crippen LogP contribution in [0.15, 0.2) is 53.1 Å². The fourth-order valence-electron chi connectivity index (χ4n) is 5.69. The van der Waals surface area contributed by atoms with Crippen molar-refractivity contribution in [2.45, 2.75) is 58.5 Å². The molecule has 0 amide bonds. The summed E-state index contributed by atoms with van der Waals surface area (Å²) in [5.74, 6) is 1.54. The zero-order valence-corrected chi connectivity index (χ0v) is 22.2. The molecule has 2 fully saturated rings. The molecule has 0 spiro atoms. The number of halogens is 1. The number of carboxylic acid groups (broad SMARTS) is 1. The Kier molecular flexibility index (Phi) is 7.37. The van der Waals surface area contributed by atoms with E-state index in [9.17, 15) is 14.3 Å². The maximum Gasteiger partial charge on any atom is 0.303 e. The summed E-state index contributed by atoms with van der Waals surface area (Å²) >= 11 is 0. The summed E-state index contributed by atoms with van der Waals surface area (Å²) in [6.45, 7) is 5.17. The third-order valence-electron chi connectivity index (χ3n) is 7.65. The van der Waals surface area contributed by atoms with Gasteiger partial charge >= 0.3 is 5.97 Å². The van der Waals surface area contributed by atoms with Crippen LogP contribution in [-0.2, 0) is 11.4 Å². The first-order valence-electron chi connectivity index (χ1n) is 13.2. The van der Waals surface area contributed by atoms with Gasteiger partial charge in [-0.3, -0.25) is 4.79 Å². The first kappa shape index (κ1) is 26.1. The average molecular weight is 523 g/mol. The summed E-state index contributed by atoms with van der Waals surface area (Å²) in [4.78, 5) is 11.4. The van der Waals surface area contributed by atoms with E-state index in [1.807, 2.05) is 24.3 Å². The number of carbonyl (C=O) groups is 1. The molecule has 1 aromatic heterocycles. The molecule has 6 nitrogen and oxygen atoms in total. The highest BCUT2D eigenvalue weighted by Crippen LogP contribution is 2.47. The lowest BCUT2D eigenvalue weighted by Crippen LogP contribution is -2.35. The molecule has 1 atom stereocenters. The molecule has 38 heavy (non-hydrogen) atoms. The molecule has 2 aliphatic carbocycles. The summed E-state index contributed by atoms with van der Waals surface area (Å²) < 4.78 is 38.4. The van der Waals surface area contributed by atoms with Gasteiger partial charge in [0.05, 0.1) is 31.3 Å². The number of ether oxygens (including phenoxy) is 3. The third-order valence-corrected chi connectivity index (χ3v) is 7.65. The molecule has 2 aliphatic rings. The molecule has 2 saturated carbocycles. The van der Waals surface area contributed by atoms with E-state index >= 15 is 0 Å². The van der Waals surface area contributed by atoms with Gasteiger partial charge in [-0.05, 0) is 84.7 Å². The van der Waals surface area contributed by atoms with E-state index in [0.29, 0.717) is 52.4 Å². The highest BCUT2D eigenvalue weighted by atomic mass is 19.1. The molecule has 0 aliphatic heterocycles. The smallest absolute Gasteiger partial charge is 0.303 e. The number of benzene rings is 2. The van der Waals surface area contributed by atoms with Crippen LogP contribution in [0.1, 0.15) is 63.0 Å². The van der Waals surface area contributed by atoms with Crippen LogP contribution < -0.4 is 14.2 Å². The fraction of sp³-hybridized carbons (Fsp3) is 0.452. The Morgan fingerprint density at radius 3 is 2.61 bits per heavy atom. The zero-order valence-electron chi connectivity index (χ0n) is 22.2. The Morgan fingerprint density at radius 2 is 1.92 bits per heavy atom. The van der Waals surface area contributed by atoms with Crippen LogP contribution in [0.2, 0.25) is 0 Å². The maximum absolute atomic E-state index is 14.8. The molecule has 5 rings (SSSR count). The van der Waals surface area contributed by atoms with Crippen molar-refractivity contribution in [3.8, 4) is 28.6 Å². The predicted molar refractivity (Wildman–Crippen MR) is 141 cm³/mol. The summed E-state index contributed by atoms with van der Waals surface area (Å²) in [6.07, 6.45) is 5.92. The van der Waals surface area contributed by atoms with Crippen LogP contribution in [0.25, 0.3) is 11.3 Å². The molecule has 1 unspecified atom stereocenters. The molecule has 2 aromatic carbocycles. The largest absolute Gasteiger partial charge is 0.497 e. The summed E-state index contributed by atoms with van der Waals surface area (Å²) in [7, 11) is 1.53. The van der Waals surface area contributed by atoms with Gasteiger partial charge in [0.2, 0.25) is 0 Å². The van der Waals surface area contributed by atoms with Gasteiger partial charge in [0.1, 0.15) is 30.2 Å². The standard InChI is InChI=1S/C31H35FO6/c1-31(2)14-19(15-31)16-37-29-22(18-38-30(29)26-12-23(35-3)9-10-27(26)32)17-36-24-6-4-5-21(11-24)25(13-28(33)34)20-7-8-20/h4-6,9-12,18-20,25H,7-8,13-17H2,1-3H3,(H,33,34). The van der Waals surface area contributed by atoms with Crippen molar-refractivity contribution in [2.24, 2.45) is 17.3 Å². The first-order chi connectivity index (χ1) is 18.2. The van der Waals surface area contributed by atoms with Crippen molar-refractivity contribution in [1.82, 2.24) is 0 Å². The van der Waals surface area contributed by atoms with Gasteiger partial charge < -0.3 is 23.7 Å². The van der Waals surface area contributed by atoms with Gasteiger partial charge in [-0.1, -0.05) is 26.0 Å². The van der Waals surface area contributed by atoms with Gasteiger partial charge in [-0.2, -0.15) is 0 Å². The van der Waals surface area contributed by atoms with Crippen LogP contribution in [0.3, 0.4) is 0 Å². The summed E-state index contributed by atoms with van der Waals surface area (Å²) in [5, 5.41) is 9.37. The van der Waals surface area contributed by atoms with Crippen LogP contribution in [0, 0.1) is 23.1 Å². The Balaban J connectivity index is 1.37. The summed E-state index contributed by atoms with van der Waals surface area (Å²) in [5.41, 5.74) is 2.24. The van der Waals surface area contributed by atoms with Crippen LogP contribution in [0.5, 0.6) is 17.2 Å². The molecule has 202 valence electrons. The maximum atomic E-state index is 14.8. The van der Waals surface area contributed by atoms with Crippen LogP contribution in [-0.4, -0.2) is 24.8 Å². The number of rotatable bonds is 12. The van der Waals surface area contributed by atoms with Crippen LogP contribution >= 0.6 is 0 Å². The first-order valence-corrected chi connectivity index (χ1v) is 13.2. The van der Waals surface area contributed by atoms with Crippen molar-refractivity contribution in [3.63, 3.8) is 0 Å². The van der Waals surface area contributed by atoms with E-state index < -0.39 is 11.8 Å². The minimum absolute atomic E-state index is 0.0155. The SMILES string of the molecule is COc1ccc(F)c(-c2occ(COc3cccc(C(CC(=O)O)C4CC4)c3)c2OCC2CC(C)(C)C2)c1. The van der Waals surface area contributed by atoms with E-state index in [1.165, 1.54) is 13.2 Å². The normalized spacial score (nSPS) is 17.5. The van der Waals surface area contributed by atoms with E-state index in [4.69, 9.17) is 18.6 Å². The Labute approximate surface area is 222 Å².